The largest absolute Gasteiger partial charge is 0.372 e. The maximum absolute atomic E-state index is 14.0. The van der Waals surface area contributed by atoms with Crippen LogP contribution in [-0.2, 0) is 17.8 Å². The number of hydrogen-bond donors (Lipinski definition) is 3. The van der Waals surface area contributed by atoms with Gasteiger partial charge in [-0.1, -0.05) is 32.0 Å². The van der Waals surface area contributed by atoms with Gasteiger partial charge in [-0.3, -0.25) is 19.2 Å². The molecule has 0 radical (unpaired) electrons. The van der Waals surface area contributed by atoms with Crippen molar-refractivity contribution in [2.24, 2.45) is 0 Å². The summed E-state index contributed by atoms with van der Waals surface area (Å²) in [5, 5.41) is 16.1. The molecule has 0 fully saturated rings. The van der Waals surface area contributed by atoms with Crippen molar-refractivity contribution in [1.29, 1.82) is 0 Å². The number of amides is 4. The predicted molar refractivity (Wildman–Crippen MR) is 164 cm³/mol. The van der Waals surface area contributed by atoms with E-state index in [0.717, 1.165) is 30.5 Å². The molecule has 238 valence electrons. The lowest BCUT2D eigenvalue weighted by atomic mass is 10.0. The van der Waals surface area contributed by atoms with E-state index in [9.17, 15) is 33.1 Å². The van der Waals surface area contributed by atoms with Crippen LogP contribution >= 0.6 is 0 Å². The van der Waals surface area contributed by atoms with Gasteiger partial charge in [-0.05, 0) is 79.3 Å². The van der Waals surface area contributed by atoms with Gasteiger partial charge >= 0.3 is 0 Å². The van der Waals surface area contributed by atoms with Crippen LogP contribution in [0.5, 0.6) is 0 Å². The van der Waals surface area contributed by atoms with Crippen molar-refractivity contribution >= 4 is 23.6 Å². The van der Waals surface area contributed by atoms with Crippen molar-refractivity contribution < 1.29 is 33.1 Å². The fourth-order valence-electron chi connectivity index (χ4n) is 5.48. The number of aryl methyl sites for hydroxylation is 1. The van der Waals surface area contributed by atoms with Crippen molar-refractivity contribution in [3.05, 3.63) is 106 Å². The second-order valence-electron chi connectivity index (χ2n) is 11.3. The van der Waals surface area contributed by atoms with Crippen LogP contribution in [-0.4, -0.2) is 70.4 Å². The highest BCUT2D eigenvalue weighted by Crippen LogP contribution is 2.22. The lowest BCUT2D eigenvalue weighted by molar-refractivity contribution is -0.125. The minimum atomic E-state index is -1.69. The Labute approximate surface area is 261 Å². The average Bonchev–Trinajstić information content (AvgIpc) is 3.29. The second-order valence-corrected chi connectivity index (χ2v) is 11.3. The number of aliphatic hydroxyl groups is 1. The van der Waals surface area contributed by atoms with Crippen molar-refractivity contribution in [2.75, 3.05) is 19.6 Å². The van der Waals surface area contributed by atoms with E-state index in [1.54, 1.807) is 48.2 Å². The number of halogens is 2. The summed E-state index contributed by atoms with van der Waals surface area (Å²) in [7, 11) is 0. The first-order chi connectivity index (χ1) is 21.5. The number of benzene rings is 3. The van der Waals surface area contributed by atoms with E-state index in [2.05, 4.69) is 10.6 Å². The molecule has 1 heterocycles. The normalized spacial score (nSPS) is 13.6. The molecule has 4 amide bonds. The molecule has 1 aliphatic rings. The average molecular weight is 621 g/mol. The molecule has 11 heteroatoms. The standard InChI is InChI=1S/C34H38F2N4O5/c1-4-10-39(11-5-2)33(44)25-13-21(3)12-24(17-25)31(42)37-29(16-22-14-26(35)18-27(36)15-22)32(43)38-30(41)20-40-19-23-8-6-7-9-28(23)34(40)45/h6-9,12-15,17-18,29,32,43H,4-5,10-11,16,19-20H2,1-3H3,(H,37,42)(H,38,41). The SMILES string of the molecule is CCCN(CCC)C(=O)c1cc(C)cc(C(=O)NC(Cc2cc(F)cc(F)c2)C(O)NC(=O)CN2Cc3ccccc3C2=O)c1. The van der Waals surface area contributed by atoms with Gasteiger partial charge in [0, 0.05) is 42.4 Å². The second kappa shape index (κ2) is 14.9. The fraction of sp³-hybridized carbons (Fsp3) is 0.353. The van der Waals surface area contributed by atoms with E-state index in [-0.39, 0.29) is 42.5 Å². The van der Waals surface area contributed by atoms with Crippen LogP contribution in [0.1, 0.15) is 74.5 Å². The number of carbonyl (C=O) groups excluding carboxylic acids is 4. The number of aliphatic hydroxyl groups excluding tert-OH is 1. The van der Waals surface area contributed by atoms with Crippen molar-refractivity contribution in [1.82, 2.24) is 20.4 Å². The van der Waals surface area contributed by atoms with Crippen LogP contribution in [0.2, 0.25) is 0 Å². The molecule has 0 saturated heterocycles. The molecular weight excluding hydrogens is 582 g/mol. The number of fused-ring (bicyclic) bond motifs is 1. The molecule has 0 bridgehead atoms. The quantitative estimate of drug-likeness (QED) is 0.250. The molecule has 3 N–H and O–H groups in total. The first-order valence-corrected chi connectivity index (χ1v) is 15.0. The van der Waals surface area contributed by atoms with Crippen molar-refractivity contribution in [3.63, 3.8) is 0 Å². The zero-order valence-electron chi connectivity index (χ0n) is 25.6. The Morgan fingerprint density at radius 3 is 2.22 bits per heavy atom. The van der Waals surface area contributed by atoms with Gasteiger partial charge in [-0.25, -0.2) is 8.78 Å². The summed E-state index contributed by atoms with van der Waals surface area (Å²) in [6.45, 7) is 6.70. The van der Waals surface area contributed by atoms with E-state index in [4.69, 9.17) is 0 Å². The van der Waals surface area contributed by atoms with Crippen LogP contribution < -0.4 is 10.6 Å². The molecule has 9 nitrogen and oxygen atoms in total. The van der Waals surface area contributed by atoms with Crippen LogP contribution in [0.15, 0.2) is 60.7 Å². The fourth-order valence-corrected chi connectivity index (χ4v) is 5.48. The zero-order valence-corrected chi connectivity index (χ0v) is 25.6. The predicted octanol–water partition coefficient (Wildman–Crippen LogP) is 3.97. The molecule has 0 spiro atoms. The van der Waals surface area contributed by atoms with Crippen molar-refractivity contribution in [2.45, 2.75) is 58.8 Å². The molecule has 0 aliphatic carbocycles. The van der Waals surface area contributed by atoms with Crippen LogP contribution in [0.25, 0.3) is 0 Å². The summed E-state index contributed by atoms with van der Waals surface area (Å²) in [4.78, 5) is 55.4. The third-order valence-corrected chi connectivity index (χ3v) is 7.48. The number of rotatable bonds is 13. The summed E-state index contributed by atoms with van der Waals surface area (Å²) in [5.74, 6) is -3.57. The van der Waals surface area contributed by atoms with E-state index in [1.807, 2.05) is 13.8 Å². The molecule has 0 aromatic heterocycles. The van der Waals surface area contributed by atoms with Gasteiger partial charge in [0.1, 0.15) is 24.4 Å². The van der Waals surface area contributed by atoms with E-state index in [1.165, 1.54) is 11.0 Å². The first kappa shape index (κ1) is 33.3. The Kier molecular flexibility index (Phi) is 11.0. The van der Waals surface area contributed by atoms with Gasteiger partial charge in [0.05, 0.1) is 6.04 Å². The molecule has 2 atom stereocenters. The smallest absolute Gasteiger partial charge is 0.254 e. The lowest BCUT2D eigenvalue weighted by Crippen LogP contribution is -2.54. The Morgan fingerprint density at radius 2 is 1.58 bits per heavy atom. The molecule has 2 unspecified atom stereocenters. The number of nitrogens with zero attached hydrogens (tertiary/aromatic N) is 2. The molecule has 45 heavy (non-hydrogen) atoms. The van der Waals surface area contributed by atoms with Gasteiger partial charge in [0.2, 0.25) is 5.91 Å². The van der Waals surface area contributed by atoms with Crippen LogP contribution in [0.3, 0.4) is 0 Å². The third-order valence-electron chi connectivity index (χ3n) is 7.48. The molecule has 3 aromatic carbocycles. The Balaban J connectivity index is 1.53. The monoisotopic (exact) mass is 620 g/mol. The van der Waals surface area contributed by atoms with Crippen LogP contribution in [0, 0.1) is 18.6 Å². The van der Waals surface area contributed by atoms with E-state index in [0.29, 0.717) is 35.8 Å². The number of nitrogens with one attached hydrogen (secondary N) is 2. The highest BCUT2D eigenvalue weighted by Gasteiger charge is 2.30. The summed E-state index contributed by atoms with van der Waals surface area (Å²) >= 11 is 0. The van der Waals surface area contributed by atoms with Gasteiger partial charge < -0.3 is 25.5 Å². The van der Waals surface area contributed by atoms with E-state index < -0.39 is 35.7 Å². The number of carbonyl (C=O) groups is 4. The molecule has 1 aliphatic heterocycles. The summed E-state index contributed by atoms with van der Waals surface area (Å²) < 4.78 is 28.0. The minimum Gasteiger partial charge on any atom is -0.372 e. The topological polar surface area (TPSA) is 119 Å². The highest BCUT2D eigenvalue weighted by atomic mass is 19.1. The third kappa shape index (κ3) is 8.51. The Bertz CT molecular complexity index is 1550. The Hall–Kier alpha value is -4.64. The Morgan fingerprint density at radius 1 is 0.933 bits per heavy atom. The summed E-state index contributed by atoms with van der Waals surface area (Å²) in [6, 6.07) is 13.3. The zero-order chi connectivity index (χ0) is 32.7. The maximum Gasteiger partial charge on any atom is 0.254 e. The summed E-state index contributed by atoms with van der Waals surface area (Å²) in [5.41, 5.74) is 2.53. The van der Waals surface area contributed by atoms with Gasteiger partial charge in [0.15, 0.2) is 0 Å². The summed E-state index contributed by atoms with van der Waals surface area (Å²) in [6.07, 6.45) is -0.386. The highest BCUT2D eigenvalue weighted by molar-refractivity contribution is 6.01. The first-order valence-electron chi connectivity index (χ1n) is 15.0. The lowest BCUT2D eigenvalue weighted by Gasteiger charge is -2.26. The van der Waals surface area contributed by atoms with Gasteiger partial charge in [-0.2, -0.15) is 0 Å². The molecule has 4 rings (SSSR count). The van der Waals surface area contributed by atoms with Crippen molar-refractivity contribution in [3.8, 4) is 0 Å². The molecule has 3 aromatic rings. The minimum absolute atomic E-state index is 0.131. The van der Waals surface area contributed by atoms with E-state index >= 15 is 0 Å². The van der Waals surface area contributed by atoms with Gasteiger partial charge in [-0.15, -0.1) is 0 Å². The van der Waals surface area contributed by atoms with Crippen LogP contribution in [0.4, 0.5) is 8.78 Å². The van der Waals surface area contributed by atoms with Gasteiger partial charge in [0.25, 0.3) is 17.7 Å². The number of hydrogen-bond acceptors (Lipinski definition) is 5. The molecular formula is C34H38F2N4O5. The maximum atomic E-state index is 14.0. The molecule has 0 saturated carbocycles.